The number of ether oxygens (including phenoxy) is 2. The van der Waals surface area contributed by atoms with Gasteiger partial charge in [0.05, 0.1) is 20.3 Å². The van der Waals surface area contributed by atoms with Crippen molar-refractivity contribution < 1.29 is 9.47 Å². The fraction of sp³-hybridized carbons (Fsp3) is 0.231. The quantitative estimate of drug-likeness (QED) is 0.837. The van der Waals surface area contributed by atoms with Gasteiger partial charge in [-0.05, 0) is 5.56 Å². The van der Waals surface area contributed by atoms with Gasteiger partial charge in [0.25, 0.3) is 0 Å². The summed E-state index contributed by atoms with van der Waals surface area (Å²) >= 11 is 0. The smallest absolute Gasteiger partial charge is 0.229 e. The van der Waals surface area contributed by atoms with E-state index in [9.17, 15) is 0 Å². The van der Waals surface area contributed by atoms with Crippen LogP contribution in [0.1, 0.15) is 5.56 Å². The number of benzene rings is 1. The number of nitrogens with one attached hydrogen (secondary N) is 1. The Morgan fingerprint density at radius 2 is 1.58 bits per heavy atom. The fourth-order valence-corrected chi connectivity index (χ4v) is 1.47. The molecule has 0 aliphatic carbocycles. The van der Waals surface area contributed by atoms with Gasteiger partial charge in [-0.1, -0.05) is 30.3 Å². The second-order valence-corrected chi connectivity index (χ2v) is 3.62. The minimum Gasteiger partial charge on any atom is -0.481 e. The van der Waals surface area contributed by atoms with E-state index in [0.717, 1.165) is 5.56 Å². The summed E-state index contributed by atoms with van der Waals surface area (Å²) in [5.74, 6) is 1.42. The first-order valence-electron chi connectivity index (χ1n) is 5.56. The van der Waals surface area contributed by atoms with Gasteiger partial charge in [0.1, 0.15) is 0 Å². The fourth-order valence-electron chi connectivity index (χ4n) is 1.47. The molecular weight excluding hydrogens is 253 g/mol. The molecule has 0 spiro atoms. The zero-order chi connectivity index (χ0) is 12.8. The van der Waals surface area contributed by atoms with E-state index in [-0.39, 0.29) is 29.6 Å². The molecule has 2 aromatic rings. The van der Waals surface area contributed by atoms with Crippen LogP contribution in [-0.4, -0.2) is 53.7 Å². The van der Waals surface area contributed by atoms with Gasteiger partial charge in [-0.3, -0.25) is 0 Å². The number of rotatable bonds is 5. The van der Waals surface area contributed by atoms with Crippen molar-refractivity contribution in [1.29, 1.82) is 0 Å². The summed E-state index contributed by atoms with van der Waals surface area (Å²) < 4.78 is 10.2. The average Bonchev–Trinajstić information content (AvgIpc) is 2.45. The molecule has 0 amide bonds. The van der Waals surface area contributed by atoms with Crippen molar-refractivity contribution in [1.82, 2.24) is 9.97 Å². The van der Waals surface area contributed by atoms with Crippen LogP contribution in [0.3, 0.4) is 0 Å². The van der Waals surface area contributed by atoms with Crippen LogP contribution in [0.4, 0.5) is 5.95 Å². The Hall–Kier alpha value is -1.30. The van der Waals surface area contributed by atoms with Gasteiger partial charge in [-0.25, -0.2) is 0 Å². The molecule has 95 valence electrons. The van der Waals surface area contributed by atoms with Gasteiger partial charge in [0.15, 0.2) is 0 Å². The van der Waals surface area contributed by atoms with Crippen molar-refractivity contribution in [2.24, 2.45) is 0 Å². The minimum atomic E-state index is 0. The molecule has 0 aliphatic rings. The molecule has 0 saturated heterocycles. The van der Waals surface area contributed by atoms with Crippen LogP contribution in [0, 0.1) is 0 Å². The van der Waals surface area contributed by atoms with Crippen molar-refractivity contribution in [2.45, 2.75) is 6.54 Å². The van der Waals surface area contributed by atoms with Crippen LogP contribution in [0.25, 0.3) is 0 Å². The van der Waals surface area contributed by atoms with Crippen LogP contribution in [0.15, 0.2) is 36.4 Å². The predicted molar refractivity (Wildman–Crippen MR) is 74.7 cm³/mol. The molecule has 0 unspecified atom stereocenters. The van der Waals surface area contributed by atoms with Crippen molar-refractivity contribution in [3.63, 3.8) is 0 Å². The molecule has 1 radical (unpaired) electrons. The van der Waals surface area contributed by atoms with Crippen LogP contribution in [-0.2, 0) is 6.54 Å². The zero-order valence-corrected chi connectivity index (χ0v) is 13.4. The Labute approximate surface area is 134 Å². The first-order valence-corrected chi connectivity index (χ1v) is 5.56. The molecule has 19 heavy (non-hydrogen) atoms. The number of nitrogens with zero attached hydrogens (tertiary/aromatic N) is 2. The molecule has 1 aromatic carbocycles. The van der Waals surface area contributed by atoms with E-state index < -0.39 is 0 Å². The maximum atomic E-state index is 5.08. The second-order valence-electron chi connectivity index (χ2n) is 3.62. The SMILES string of the molecule is COc1cc(OC)nc(NCc2ccccc2)n1.[Na]. The van der Waals surface area contributed by atoms with Crippen LogP contribution in [0.2, 0.25) is 0 Å². The zero-order valence-electron chi connectivity index (χ0n) is 11.4. The second kappa shape index (κ2) is 7.99. The maximum absolute atomic E-state index is 5.08. The van der Waals surface area contributed by atoms with E-state index in [1.54, 1.807) is 20.3 Å². The molecular formula is C13H15N3NaO2. The van der Waals surface area contributed by atoms with Gasteiger partial charge in [-0.15, -0.1) is 0 Å². The molecule has 0 aliphatic heterocycles. The van der Waals surface area contributed by atoms with Gasteiger partial charge in [0.2, 0.25) is 17.7 Å². The Morgan fingerprint density at radius 3 is 2.11 bits per heavy atom. The average molecular weight is 268 g/mol. The molecule has 0 saturated carbocycles. The van der Waals surface area contributed by atoms with Crippen LogP contribution >= 0.6 is 0 Å². The Morgan fingerprint density at radius 1 is 1.00 bits per heavy atom. The molecule has 0 fully saturated rings. The molecule has 2 rings (SSSR count). The third kappa shape index (κ3) is 4.70. The van der Waals surface area contributed by atoms with Gasteiger partial charge in [0, 0.05) is 36.1 Å². The maximum Gasteiger partial charge on any atom is 0.229 e. The van der Waals surface area contributed by atoms with Crippen molar-refractivity contribution >= 4 is 35.5 Å². The van der Waals surface area contributed by atoms with E-state index in [2.05, 4.69) is 15.3 Å². The van der Waals surface area contributed by atoms with Gasteiger partial charge in [-0.2, -0.15) is 9.97 Å². The molecule has 1 N–H and O–H groups in total. The molecule has 5 nitrogen and oxygen atoms in total. The van der Waals surface area contributed by atoms with Crippen LogP contribution in [0.5, 0.6) is 11.8 Å². The normalized spacial score (nSPS) is 9.37. The van der Waals surface area contributed by atoms with Crippen molar-refractivity contribution in [3.8, 4) is 11.8 Å². The molecule has 1 aromatic heterocycles. The number of methoxy groups -OCH3 is 2. The summed E-state index contributed by atoms with van der Waals surface area (Å²) in [6.07, 6.45) is 0. The topological polar surface area (TPSA) is 56.3 Å². The third-order valence-electron chi connectivity index (χ3n) is 2.39. The van der Waals surface area contributed by atoms with Crippen molar-refractivity contribution in [2.75, 3.05) is 19.5 Å². The third-order valence-corrected chi connectivity index (χ3v) is 2.39. The number of hydrogen-bond donors (Lipinski definition) is 1. The predicted octanol–water partition coefficient (Wildman–Crippen LogP) is 1.73. The summed E-state index contributed by atoms with van der Waals surface area (Å²) in [5.41, 5.74) is 1.16. The Balaban J connectivity index is 0.00000180. The van der Waals surface area contributed by atoms with Crippen molar-refractivity contribution in [3.05, 3.63) is 42.0 Å². The Kier molecular flexibility index (Phi) is 6.62. The van der Waals surface area contributed by atoms with E-state index in [0.29, 0.717) is 24.3 Å². The molecule has 0 bridgehead atoms. The first kappa shape index (κ1) is 15.8. The van der Waals surface area contributed by atoms with Crippen LogP contribution < -0.4 is 14.8 Å². The molecule has 6 heteroatoms. The Bertz CT molecular complexity index is 486. The van der Waals surface area contributed by atoms with E-state index in [4.69, 9.17) is 9.47 Å². The first-order chi connectivity index (χ1) is 8.81. The number of aromatic nitrogens is 2. The summed E-state index contributed by atoms with van der Waals surface area (Å²) in [6.45, 7) is 0.650. The van der Waals surface area contributed by atoms with Gasteiger partial charge >= 0.3 is 0 Å². The number of hydrogen-bond acceptors (Lipinski definition) is 5. The summed E-state index contributed by atoms with van der Waals surface area (Å²) in [5, 5.41) is 3.13. The summed E-state index contributed by atoms with van der Waals surface area (Å²) in [7, 11) is 3.12. The summed E-state index contributed by atoms with van der Waals surface area (Å²) in [4.78, 5) is 8.38. The number of anilines is 1. The minimum absolute atomic E-state index is 0. The standard InChI is InChI=1S/C13H15N3O2.Na/c1-17-11-8-12(18-2)16-13(15-11)14-9-10-6-4-3-5-7-10;/h3-8H,9H2,1-2H3,(H,14,15,16);. The largest absolute Gasteiger partial charge is 0.481 e. The summed E-state index contributed by atoms with van der Waals surface area (Å²) in [6, 6.07) is 11.7. The van der Waals surface area contributed by atoms with E-state index in [1.165, 1.54) is 0 Å². The van der Waals surface area contributed by atoms with E-state index >= 15 is 0 Å². The van der Waals surface area contributed by atoms with E-state index in [1.807, 2.05) is 30.3 Å². The molecule has 0 atom stereocenters. The molecule has 1 heterocycles. The van der Waals surface area contributed by atoms with Gasteiger partial charge < -0.3 is 14.8 Å². The monoisotopic (exact) mass is 268 g/mol.